The zero-order valence-corrected chi connectivity index (χ0v) is 14.6. The molecule has 7 heteroatoms. The molecular weight excluding hydrogens is 416 g/mol. The highest BCUT2D eigenvalue weighted by molar-refractivity contribution is 14.1. The number of hydrogen-bond donors (Lipinski definition) is 2. The Morgan fingerprint density at radius 1 is 1.35 bits per heavy atom. The van der Waals surface area contributed by atoms with Crippen molar-refractivity contribution in [1.82, 2.24) is 5.32 Å². The fourth-order valence-corrected chi connectivity index (χ4v) is 2.68. The Morgan fingerprint density at radius 2 is 1.95 bits per heavy atom. The second-order valence-electron chi connectivity index (χ2n) is 4.65. The summed E-state index contributed by atoms with van der Waals surface area (Å²) >= 11 is 13.8. The molecule has 20 heavy (non-hydrogen) atoms. The number of nitrogens with one attached hydrogen (secondary N) is 1. The van der Waals surface area contributed by atoms with E-state index in [1.807, 2.05) is 22.6 Å². The van der Waals surface area contributed by atoms with E-state index in [4.69, 9.17) is 28.3 Å². The molecule has 0 aliphatic carbocycles. The standard InChI is InChI=1S/C13H14Cl2INO3/c1-6(2)9(13(19)20)5-17-12(18)8-3-7(14)4-10(15)11(8)16/h3-4,6,9H,5H2,1-2H3,(H,17,18)(H,19,20). The quantitative estimate of drug-likeness (QED) is 0.554. The third-order valence-corrected chi connectivity index (χ3v) is 4.84. The van der Waals surface area contributed by atoms with Crippen LogP contribution in [0, 0.1) is 15.4 Å². The second-order valence-corrected chi connectivity index (χ2v) is 6.57. The van der Waals surface area contributed by atoms with Crippen molar-refractivity contribution in [2.75, 3.05) is 6.54 Å². The summed E-state index contributed by atoms with van der Waals surface area (Å²) in [6.45, 7) is 3.65. The van der Waals surface area contributed by atoms with Crippen LogP contribution in [0.4, 0.5) is 0 Å². The molecule has 0 aliphatic heterocycles. The first kappa shape index (κ1) is 17.5. The van der Waals surface area contributed by atoms with Crippen LogP contribution in [0.3, 0.4) is 0 Å². The molecule has 0 aromatic heterocycles. The Hall–Kier alpha value is -0.530. The van der Waals surface area contributed by atoms with E-state index < -0.39 is 11.9 Å². The van der Waals surface area contributed by atoms with Gasteiger partial charge in [-0.15, -0.1) is 0 Å². The Morgan fingerprint density at radius 3 is 2.45 bits per heavy atom. The zero-order chi connectivity index (χ0) is 15.4. The molecule has 110 valence electrons. The fourth-order valence-electron chi connectivity index (χ4n) is 1.63. The number of carbonyl (C=O) groups excluding carboxylic acids is 1. The highest BCUT2D eigenvalue weighted by Gasteiger charge is 2.23. The summed E-state index contributed by atoms with van der Waals surface area (Å²) in [6, 6.07) is 3.06. The Bertz CT molecular complexity index is 535. The van der Waals surface area contributed by atoms with Crippen molar-refractivity contribution in [3.8, 4) is 0 Å². The monoisotopic (exact) mass is 429 g/mol. The van der Waals surface area contributed by atoms with Gasteiger partial charge in [-0.05, 0) is 40.6 Å². The normalized spacial score (nSPS) is 12.3. The van der Waals surface area contributed by atoms with Gasteiger partial charge in [-0.25, -0.2) is 0 Å². The number of carboxylic acid groups (broad SMARTS) is 1. The number of carboxylic acids is 1. The summed E-state index contributed by atoms with van der Waals surface area (Å²) in [5, 5.41) is 12.4. The molecule has 2 N–H and O–H groups in total. The topological polar surface area (TPSA) is 66.4 Å². The van der Waals surface area contributed by atoms with Crippen LogP contribution in [0.15, 0.2) is 12.1 Å². The number of carbonyl (C=O) groups is 2. The van der Waals surface area contributed by atoms with Crippen molar-refractivity contribution in [3.05, 3.63) is 31.3 Å². The molecule has 1 unspecified atom stereocenters. The van der Waals surface area contributed by atoms with Crippen LogP contribution in [-0.2, 0) is 4.79 Å². The first-order chi connectivity index (χ1) is 9.23. The predicted molar refractivity (Wildman–Crippen MR) is 87.5 cm³/mol. The van der Waals surface area contributed by atoms with Crippen LogP contribution >= 0.6 is 45.8 Å². The van der Waals surface area contributed by atoms with Gasteiger partial charge in [0.15, 0.2) is 0 Å². The number of aliphatic carboxylic acids is 1. The smallest absolute Gasteiger partial charge is 0.308 e. The summed E-state index contributed by atoms with van der Waals surface area (Å²) in [5.74, 6) is -2.02. The lowest BCUT2D eigenvalue weighted by molar-refractivity contribution is -0.142. The number of halogens is 3. The highest BCUT2D eigenvalue weighted by Crippen LogP contribution is 2.26. The Labute approximate surface area is 141 Å². The molecule has 1 rings (SSSR count). The van der Waals surface area contributed by atoms with Gasteiger partial charge in [0, 0.05) is 15.1 Å². The maximum Gasteiger partial charge on any atom is 0.308 e. The van der Waals surface area contributed by atoms with E-state index in [0.717, 1.165) is 0 Å². The number of rotatable bonds is 5. The first-order valence-corrected chi connectivity index (χ1v) is 7.73. The SMILES string of the molecule is CC(C)C(CNC(=O)c1cc(Cl)cc(Cl)c1I)C(=O)O. The molecule has 0 heterocycles. The lowest BCUT2D eigenvalue weighted by atomic mass is 9.96. The minimum Gasteiger partial charge on any atom is -0.481 e. The van der Waals surface area contributed by atoms with Crippen molar-refractivity contribution in [1.29, 1.82) is 0 Å². The van der Waals surface area contributed by atoms with Gasteiger partial charge in [0.25, 0.3) is 5.91 Å². The summed E-state index contributed by atoms with van der Waals surface area (Å²) < 4.78 is 0.586. The van der Waals surface area contributed by atoms with Crippen LogP contribution in [0.25, 0.3) is 0 Å². The molecule has 1 atom stereocenters. The number of hydrogen-bond acceptors (Lipinski definition) is 2. The predicted octanol–water partition coefficient (Wildman–Crippen LogP) is 3.68. The largest absolute Gasteiger partial charge is 0.481 e. The highest BCUT2D eigenvalue weighted by atomic mass is 127. The van der Waals surface area contributed by atoms with E-state index in [-0.39, 0.29) is 18.4 Å². The van der Waals surface area contributed by atoms with Crippen molar-refractivity contribution < 1.29 is 14.7 Å². The minimum absolute atomic E-state index is 0.0616. The van der Waals surface area contributed by atoms with Gasteiger partial charge in [-0.2, -0.15) is 0 Å². The van der Waals surface area contributed by atoms with Gasteiger partial charge in [0.05, 0.1) is 16.5 Å². The van der Waals surface area contributed by atoms with Gasteiger partial charge in [0.2, 0.25) is 0 Å². The summed E-state index contributed by atoms with van der Waals surface area (Å²) in [5.41, 5.74) is 0.344. The molecule has 1 aromatic rings. The minimum atomic E-state index is -0.931. The van der Waals surface area contributed by atoms with Gasteiger partial charge in [-0.3, -0.25) is 9.59 Å². The Balaban J connectivity index is 2.85. The summed E-state index contributed by atoms with van der Waals surface area (Å²) in [6.07, 6.45) is 0. The molecular formula is C13H14Cl2INO3. The molecule has 0 aliphatic rings. The second kappa shape index (κ2) is 7.47. The molecule has 0 saturated heterocycles. The maximum atomic E-state index is 12.1. The van der Waals surface area contributed by atoms with Crippen LogP contribution in [0.2, 0.25) is 10.0 Å². The van der Waals surface area contributed by atoms with E-state index in [2.05, 4.69) is 5.32 Å². The lowest BCUT2D eigenvalue weighted by Crippen LogP contribution is -2.35. The van der Waals surface area contributed by atoms with Crippen LogP contribution in [0.1, 0.15) is 24.2 Å². The van der Waals surface area contributed by atoms with E-state index in [1.165, 1.54) is 6.07 Å². The van der Waals surface area contributed by atoms with Crippen LogP contribution in [0.5, 0.6) is 0 Å². The molecule has 0 radical (unpaired) electrons. The fraction of sp³-hybridized carbons (Fsp3) is 0.385. The van der Waals surface area contributed by atoms with E-state index in [1.54, 1.807) is 19.9 Å². The van der Waals surface area contributed by atoms with Crippen LogP contribution in [-0.4, -0.2) is 23.5 Å². The van der Waals surface area contributed by atoms with Crippen molar-refractivity contribution in [2.45, 2.75) is 13.8 Å². The maximum absolute atomic E-state index is 12.1. The third-order valence-electron chi connectivity index (χ3n) is 2.84. The molecule has 1 amide bonds. The van der Waals surface area contributed by atoms with Gasteiger partial charge < -0.3 is 10.4 Å². The molecule has 1 aromatic carbocycles. The summed E-state index contributed by atoms with van der Waals surface area (Å²) in [7, 11) is 0. The molecule has 0 saturated carbocycles. The zero-order valence-electron chi connectivity index (χ0n) is 10.9. The van der Waals surface area contributed by atoms with Crippen molar-refractivity contribution in [3.63, 3.8) is 0 Å². The van der Waals surface area contributed by atoms with E-state index >= 15 is 0 Å². The number of amides is 1. The van der Waals surface area contributed by atoms with Gasteiger partial charge in [0.1, 0.15) is 0 Å². The third kappa shape index (κ3) is 4.49. The van der Waals surface area contributed by atoms with E-state index in [0.29, 0.717) is 19.2 Å². The Kier molecular flexibility index (Phi) is 6.54. The average molecular weight is 430 g/mol. The number of benzene rings is 1. The molecule has 0 fully saturated rings. The van der Waals surface area contributed by atoms with Gasteiger partial charge >= 0.3 is 5.97 Å². The molecule has 4 nitrogen and oxygen atoms in total. The average Bonchev–Trinajstić information content (AvgIpc) is 2.32. The summed E-state index contributed by atoms with van der Waals surface area (Å²) in [4.78, 5) is 23.2. The van der Waals surface area contributed by atoms with E-state index in [9.17, 15) is 9.59 Å². The van der Waals surface area contributed by atoms with Gasteiger partial charge in [-0.1, -0.05) is 37.0 Å². The first-order valence-electron chi connectivity index (χ1n) is 5.89. The molecule has 0 spiro atoms. The molecule has 0 bridgehead atoms. The van der Waals surface area contributed by atoms with Crippen molar-refractivity contribution >= 4 is 57.7 Å². The lowest BCUT2D eigenvalue weighted by Gasteiger charge is -2.17. The van der Waals surface area contributed by atoms with Crippen molar-refractivity contribution in [2.24, 2.45) is 11.8 Å². The van der Waals surface area contributed by atoms with Crippen LogP contribution < -0.4 is 5.32 Å².